The van der Waals surface area contributed by atoms with E-state index in [2.05, 4.69) is 11.4 Å². The standard InChI is InChI=1S/C27H24N4O2S/c1-17-12-18(2)14-20(13-17)28-24(32)16-34-27-30-22-11-7-6-10-21(22)25-29-23(26(33)31(25)27)15-19-8-4-3-5-9-19/h3-14,23H,15-16H2,1-2H3,(H,28,32). The minimum atomic E-state index is -0.515. The van der Waals surface area contributed by atoms with Crippen LogP contribution < -0.4 is 5.32 Å². The van der Waals surface area contributed by atoms with Gasteiger partial charge in [0.1, 0.15) is 11.9 Å². The van der Waals surface area contributed by atoms with Crippen LogP contribution in [0.5, 0.6) is 0 Å². The summed E-state index contributed by atoms with van der Waals surface area (Å²) in [4.78, 5) is 37.1. The SMILES string of the molecule is Cc1cc(C)cc(NC(=O)CSC2=Nc3ccccc3C3=NC(Cc4ccccc4)C(=O)N23)c1. The average molecular weight is 469 g/mol. The van der Waals surface area contributed by atoms with Crippen molar-refractivity contribution in [3.05, 3.63) is 95.1 Å². The second-order valence-corrected chi connectivity index (χ2v) is 9.40. The number of fused-ring (bicyclic) bond motifs is 3. The average Bonchev–Trinajstić information content (AvgIpc) is 3.14. The molecule has 0 aromatic heterocycles. The van der Waals surface area contributed by atoms with Crippen molar-refractivity contribution < 1.29 is 9.59 Å². The van der Waals surface area contributed by atoms with Gasteiger partial charge < -0.3 is 5.32 Å². The van der Waals surface area contributed by atoms with Crippen molar-refractivity contribution in [3.8, 4) is 0 Å². The summed E-state index contributed by atoms with van der Waals surface area (Å²) in [5, 5.41) is 3.43. The zero-order valence-corrected chi connectivity index (χ0v) is 19.8. The number of amides is 2. The van der Waals surface area contributed by atoms with E-state index in [0.29, 0.717) is 17.4 Å². The predicted molar refractivity (Wildman–Crippen MR) is 138 cm³/mol. The van der Waals surface area contributed by atoms with Gasteiger partial charge in [-0.15, -0.1) is 0 Å². The van der Waals surface area contributed by atoms with E-state index >= 15 is 0 Å². The molecule has 1 N–H and O–H groups in total. The van der Waals surface area contributed by atoms with E-state index < -0.39 is 6.04 Å². The Kier molecular flexibility index (Phi) is 6.02. The Bertz CT molecular complexity index is 1310. The number of hydrogen-bond donors (Lipinski definition) is 1. The number of para-hydroxylation sites is 1. The first-order valence-electron chi connectivity index (χ1n) is 11.1. The van der Waals surface area contributed by atoms with E-state index in [1.54, 1.807) is 4.90 Å². The lowest BCUT2D eigenvalue weighted by molar-refractivity contribution is -0.124. The Hall–Kier alpha value is -3.71. The van der Waals surface area contributed by atoms with E-state index in [1.165, 1.54) is 11.8 Å². The summed E-state index contributed by atoms with van der Waals surface area (Å²) in [5.74, 6) is 0.472. The van der Waals surface area contributed by atoms with E-state index in [0.717, 1.165) is 33.6 Å². The molecule has 34 heavy (non-hydrogen) atoms. The molecule has 2 amide bonds. The summed E-state index contributed by atoms with van der Waals surface area (Å²) < 4.78 is 0. The minimum absolute atomic E-state index is 0.116. The van der Waals surface area contributed by atoms with Crippen LogP contribution in [0.1, 0.15) is 22.3 Å². The lowest BCUT2D eigenvalue weighted by Crippen LogP contribution is -2.41. The molecule has 7 heteroatoms. The number of carbonyl (C=O) groups is 2. The van der Waals surface area contributed by atoms with Crippen molar-refractivity contribution in [3.63, 3.8) is 0 Å². The van der Waals surface area contributed by atoms with E-state index in [1.807, 2.05) is 80.6 Å². The van der Waals surface area contributed by atoms with Crippen LogP contribution in [0.15, 0.2) is 82.8 Å². The van der Waals surface area contributed by atoms with Crippen molar-refractivity contribution >= 4 is 46.0 Å². The van der Waals surface area contributed by atoms with Crippen LogP contribution in [0.3, 0.4) is 0 Å². The van der Waals surface area contributed by atoms with Crippen LogP contribution in [0, 0.1) is 13.8 Å². The van der Waals surface area contributed by atoms with Gasteiger partial charge in [0.15, 0.2) is 5.17 Å². The summed E-state index contributed by atoms with van der Waals surface area (Å²) in [6.07, 6.45) is 0.521. The number of amidine groups is 2. The van der Waals surface area contributed by atoms with E-state index in [9.17, 15) is 9.59 Å². The summed E-state index contributed by atoms with van der Waals surface area (Å²) in [7, 11) is 0. The molecule has 5 rings (SSSR count). The van der Waals surface area contributed by atoms with Crippen molar-refractivity contribution in [2.45, 2.75) is 26.3 Å². The van der Waals surface area contributed by atoms with Crippen molar-refractivity contribution in [2.75, 3.05) is 11.1 Å². The maximum Gasteiger partial charge on any atom is 0.259 e. The fourth-order valence-corrected chi connectivity index (χ4v) is 5.04. The zero-order chi connectivity index (χ0) is 23.7. The summed E-state index contributed by atoms with van der Waals surface area (Å²) in [5.41, 5.74) is 5.57. The van der Waals surface area contributed by atoms with Gasteiger partial charge in [-0.05, 0) is 54.8 Å². The molecule has 0 fully saturated rings. The first-order valence-corrected chi connectivity index (χ1v) is 12.1. The van der Waals surface area contributed by atoms with Crippen LogP contribution in [-0.4, -0.2) is 39.5 Å². The highest BCUT2D eigenvalue weighted by molar-refractivity contribution is 8.14. The first kappa shape index (κ1) is 22.1. The number of aliphatic imine (C=N–C) groups is 2. The van der Waals surface area contributed by atoms with E-state index in [-0.39, 0.29) is 17.6 Å². The smallest absolute Gasteiger partial charge is 0.259 e. The molecule has 1 unspecified atom stereocenters. The van der Waals surface area contributed by atoms with Crippen molar-refractivity contribution in [2.24, 2.45) is 9.98 Å². The zero-order valence-electron chi connectivity index (χ0n) is 19.0. The molecule has 0 radical (unpaired) electrons. The number of benzene rings is 3. The molecule has 6 nitrogen and oxygen atoms in total. The number of nitrogens with zero attached hydrogens (tertiary/aromatic N) is 3. The predicted octanol–water partition coefficient (Wildman–Crippen LogP) is 4.88. The maximum atomic E-state index is 13.4. The molecule has 2 heterocycles. The normalized spacial score (nSPS) is 16.5. The number of thioether (sulfide) groups is 1. The lowest BCUT2D eigenvalue weighted by atomic mass is 10.1. The molecule has 2 aliphatic heterocycles. The molecular weight excluding hydrogens is 444 g/mol. The Morgan fingerprint density at radius 1 is 1.00 bits per heavy atom. The molecule has 2 aliphatic rings. The summed E-state index contributed by atoms with van der Waals surface area (Å²) in [6, 6.07) is 22.9. The van der Waals surface area contributed by atoms with Gasteiger partial charge in [-0.3, -0.25) is 14.6 Å². The third kappa shape index (κ3) is 4.52. The number of hydrogen-bond acceptors (Lipinski definition) is 5. The fourth-order valence-electron chi connectivity index (χ4n) is 4.24. The Morgan fingerprint density at radius 2 is 1.71 bits per heavy atom. The number of anilines is 1. The van der Waals surface area contributed by atoms with Gasteiger partial charge >= 0.3 is 0 Å². The number of carbonyl (C=O) groups excluding carboxylic acids is 2. The Labute approximate surface area is 202 Å². The number of nitrogens with one attached hydrogen (secondary N) is 1. The monoisotopic (exact) mass is 468 g/mol. The maximum absolute atomic E-state index is 13.4. The molecule has 0 aliphatic carbocycles. The van der Waals surface area contributed by atoms with Crippen LogP contribution in [0.25, 0.3) is 0 Å². The molecule has 170 valence electrons. The molecule has 0 saturated carbocycles. The molecular formula is C27H24N4O2S. The second kappa shape index (κ2) is 9.27. The third-order valence-corrected chi connectivity index (χ3v) is 6.60. The highest BCUT2D eigenvalue weighted by Gasteiger charge is 2.41. The highest BCUT2D eigenvalue weighted by Crippen LogP contribution is 2.34. The lowest BCUT2D eigenvalue weighted by Gasteiger charge is -2.25. The van der Waals surface area contributed by atoms with Crippen molar-refractivity contribution in [1.29, 1.82) is 0 Å². The van der Waals surface area contributed by atoms with Crippen LogP contribution >= 0.6 is 11.8 Å². The van der Waals surface area contributed by atoms with Gasteiger partial charge in [0, 0.05) is 17.7 Å². The van der Waals surface area contributed by atoms with Gasteiger partial charge in [0.25, 0.3) is 5.91 Å². The molecule has 0 spiro atoms. The van der Waals surface area contributed by atoms with Gasteiger partial charge in [-0.25, -0.2) is 9.89 Å². The van der Waals surface area contributed by atoms with Crippen LogP contribution in [0.4, 0.5) is 11.4 Å². The topological polar surface area (TPSA) is 74.1 Å². The van der Waals surface area contributed by atoms with Gasteiger partial charge in [-0.1, -0.05) is 60.3 Å². The van der Waals surface area contributed by atoms with Gasteiger partial charge in [0.2, 0.25) is 5.91 Å². The molecule has 3 aromatic carbocycles. The Morgan fingerprint density at radius 3 is 2.47 bits per heavy atom. The van der Waals surface area contributed by atoms with E-state index in [4.69, 9.17) is 9.98 Å². The van der Waals surface area contributed by atoms with Gasteiger partial charge in [0.05, 0.1) is 11.4 Å². The second-order valence-electron chi connectivity index (χ2n) is 8.46. The summed E-state index contributed by atoms with van der Waals surface area (Å²) >= 11 is 1.25. The van der Waals surface area contributed by atoms with Crippen LogP contribution in [0.2, 0.25) is 0 Å². The number of aryl methyl sites for hydroxylation is 2. The largest absolute Gasteiger partial charge is 0.325 e. The van der Waals surface area contributed by atoms with Gasteiger partial charge in [-0.2, -0.15) is 0 Å². The third-order valence-electron chi connectivity index (χ3n) is 5.66. The molecule has 1 atom stereocenters. The van der Waals surface area contributed by atoms with Crippen LogP contribution in [-0.2, 0) is 16.0 Å². The molecule has 3 aromatic rings. The van der Waals surface area contributed by atoms with Crippen molar-refractivity contribution in [1.82, 2.24) is 4.90 Å². The minimum Gasteiger partial charge on any atom is -0.325 e. The fraction of sp³-hybridized carbons (Fsp3) is 0.185. The summed E-state index contributed by atoms with van der Waals surface area (Å²) in [6.45, 7) is 3.99. The Balaban J connectivity index is 1.36. The first-order chi connectivity index (χ1) is 16.5. The highest BCUT2D eigenvalue weighted by atomic mass is 32.2. The quantitative estimate of drug-likeness (QED) is 0.580. The molecule has 0 saturated heterocycles. The molecule has 0 bridgehead atoms. The number of rotatable bonds is 5.